The molecule has 58 heavy (non-hydrogen) atoms. The number of nitrogens with zero attached hydrogens (tertiary/aromatic N) is 2. The van der Waals surface area contributed by atoms with Crippen molar-refractivity contribution in [1.29, 1.82) is 0 Å². The summed E-state index contributed by atoms with van der Waals surface area (Å²) in [5.74, 6) is 0. The van der Waals surface area contributed by atoms with Crippen molar-refractivity contribution in [1.82, 2.24) is 4.57 Å². The molecule has 3 nitrogen and oxygen atoms in total. The first kappa shape index (κ1) is 33.9. The van der Waals surface area contributed by atoms with Gasteiger partial charge in [-0.2, -0.15) is 0 Å². The number of hydrogen-bond acceptors (Lipinski definition) is 2. The molecule has 11 aromatic rings. The maximum atomic E-state index is 6.52. The molecule has 0 aliphatic heterocycles. The molecule has 0 N–H and O–H groups in total. The molecule has 11 rings (SSSR count). The van der Waals surface area contributed by atoms with E-state index < -0.39 is 8.07 Å². The van der Waals surface area contributed by atoms with Crippen molar-refractivity contribution >= 4 is 89.6 Å². The van der Waals surface area contributed by atoms with Gasteiger partial charge in [-0.3, -0.25) is 0 Å². The smallest absolute Gasteiger partial charge is 0.179 e. The summed E-state index contributed by atoms with van der Waals surface area (Å²) in [4.78, 5) is 2.45. The number of benzene rings is 9. The van der Waals surface area contributed by atoms with E-state index in [9.17, 15) is 0 Å². The van der Waals surface area contributed by atoms with Crippen LogP contribution in [0.3, 0.4) is 0 Å². The normalized spacial score (nSPS) is 11.8. The van der Waals surface area contributed by atoms with E-state index >= 15 is 0 Å². The number of fused-ring (bicyclic) bond motifs is 6. The van der Waals surface area contributed by atoms with Crippen LogP contribution in [0.15, 0.2) is 235 Å². The topological polar surface area (TPSA) is 21.3 Å². The second-order valence-electron chi connectivity index (χ2n) is 14.8. The van der Waals surface area contributed by atoms with Gasteiger partial charge in [0.25, 0.3) is 0 Å². The molecule has 0 atom stereocenters. The third-order valence-corrected chi connectivity index (χ3v) is 16.5. The van der Waals surface area contributed by atoms with Gasteiger partial charge in [0, 0.05) is 27.5 Å². The lowest BCUT2D eigenvalue weighted by atomic mass is 10.1. The number of hydrogen-bond donors (Lipinski definition) is 0. The van der Waals surface area contributed by atoms with Crippen LogP contribution in [0.5, 0.6) is 0 Å². The minimum atomic E-state index is -2.74. The minimum Gasteiger partial charge on any atom is -0.456 e. The van der Waals surface area contributed by atoms with Crippen molar-refractivity contribution in [3.63, 3.8) is 0 Å². The molecule has 0 saturated carbocycles. The van der Waals surface area contributed by atoms with Crippen LogP contribution in [-0.4, -0.2) is 12.6 Å². The molecule has 0 aliphatic rings. The van der Waals surface area contributed by atoms with E-state index in [1.807, 2.05) is 6.07 Å². The summed E-state index contributed by atoms with van der Waals surface area (Å²) in [6, 6.07) is 83.8. The van der Waals surface area contributed by atoms with Gasteiger partial charge in [0.05, 0.1) is 27.8 Å². The average molecular weight is 759 g/mol. The quantitative estimate of drug-likeness (QED) is 0.114. The Labute approximate surface area is 338 Å². The maximum absolute atomic E-state index is 6.52. The Morgan fingerprint density at radius 1 is 0.345 bits per heavy atom. The van der Waals surface area contributed by atoms with Gasteiger partial charge >= 0.3 is 0 Å². The highest BCUT2D eigenvalue weighted by Gasteiger charge is 2.41. The largest absolute Gasteiger partial charge is 0.456 e. The molecule has 0 amide bonds. The lowest BCUT2D eigenvalue weighted by Gasteiger charge is -2.35. The van der Waals surface area contributed by atoms with Crippen LogP contribution in [0.1, 0.15) is 0 Å². The summed E-state index contributed by atoms with van der Waals surface area (Å²) in [6.07, 6.45) is 0. The molecule has 0 radical (unpaired) electrons. The highest BCUT2D eigenvalue weighted by atomic mass is 28.3. The predicted molar refractivity (Wildman–Crippen MR) is 246 cm³/mol. The summed E-state index contributed by atoms with van der Waals surface area (Å²) in [7, 11) is -2.74. The van der Waals surface area contributed by atoms with Gasteiger partial charge in [-0.05, 0) is 81.4 Å². The Bertz CT molecular complexity index is 3110. The third kappa shape index (κ3) is 5.27. The molecule has 0 fully saturated rings. The first-order chi connectivity index (χ1) is 28.8. The summed E-state index contributed by atoms with van der Waals surface area (Å²) >= 11 is 0. The molecule has 0 unspecified atom stereocenters. The zero-order valence-corrected chi connectivity index (χ0v) is 32.7. The lowest BCUT2D eigenvalue weighted by Crippen LogP contribution is -2.74. The van der Waals surface area contributed by atoms with Crippen LogP contribution in [0.2, 0.25) is 0 Å². The second-order valence-corrected chi connectivity index (χ2v) is 18.6. The molecule has 0 bridgehead atoms. The van der Waals surface area contributed by atoms with Crippen molar-refractivity contribution in [3.8, 4) is 5.69 Å². The van der Waals surface area contributed by atoms with E-state index in [0.29, 0.717) is 0 Å². The van der Waals surface area contributed by atoms with E-state index in [1.165, 1.54) is 37.0 Å². The predicted octanol–water partition coefficient (Wildman–Crippen LogP) is 11.5. The molecular formula is C54H38N2OSi. The van der Waals surface area contributed by atoms with Crippen LogP contribution < -0.4 is 25.6 Å². The summed E-state index contributed by atoms with van der Waals surface area (Å²) in [5, 5.41) is 9.96. The Morgan fingerprint density at radius 3 is 1.45 bits per heavy atom. The Morgan fingerprint density at radius 2 is 0.810 bits per heavy atom. The lowest BCUT2D eigenvalue weighted by molar-refractivity contribution is 0.669. The number of furan rings is 1. The third-order valence-electron chi connectivity index (χ3n) is 11.7. The number of anilines is 3. The van der Waals surface area contributed by atoms with Crippen LogP contribution in [-0.2, 0) is 0 Å². The van der Waals surface area contributed by atoms with Gasteiger partial charge in [-0.15, -0.1) is 0 Å². The highest BCUT2D eigenvalue weighted by Crippen LogP contribution is 2.47. The molecule has 2 heterocycles. The molecular weight excluding hydrogens is 721 g/mol. The monoisotopic (exact) mass is 758 g/mol. The van der Waals surface area contributed by atoms with Crippen molar-refractivity contribution in [3.05, 3.63) is 231 Å². The van der Waals surface area contributed by atoms with Gasteiger partial charge in [0.2, 0.25) is 0 Å². The Balaban J connectivity index is 1.21. The Hall–Kier alpha value is -7.40. The first-order valence-electron chi connectivity index (χ1n) is 19.9. The second kappa shape index (κ2) is 14.0. The van der Waals surface area contributed by atoms with E-state index in [4.69, 9.17) is 4.42 Å². The van der Waals surface area contributed by atoms with E-state index in [-0.39, 0.29) is 0 Å². The van der Waals surface area contributed by atoms with Crippen LogP contribution in [0.25, 0.3) is 49.4 Å². The molecule has 0 spiro atoms. The molecule has 0 aliphatic carbocycles. The first-order valence-corrected chi connectivity index (χ1v) is 21.9. The van der Waals surface area contributed by atoms with Crippen LogP contribution in [0, 0.1) is 0 Å². The minimum absolute atomic E-state index is 0.864. The zero-order chi connectivity index (χ0) is 38.5. The SMILES string of the molecule is c1ccc(-n2c3ccccc3c3c(N(c4ccc([Si](c5ccccc5)(c5ccccc5)c5ccccc5)cc4)c4cccc5oc6ccccc6c45)cccc32)cc1. The standard InChI is InChI=1S/C54H38N2OSi/c1-5-19-39(20-6-1)55-47-29-15-13-27-45(47)53-48(55)30-17-31-49(53)56(50-32-18-34-52-54(50)46-28-14-16-33-51(46)57-52)40-35-37-44(38-36-40)58(41-21-7-2-8-22-41,42-23-9-3-10-24-42)43-25-11-4-12-26-43/h1-38H. The average Bonchev–Trinajstić information content (AvgIpc) is 3.86. The number of aromatic nitrogens is 1. The fourth-order valence-corrected chi connectivity index (χ4v) is 14.1. The van der Waals surface area contributed by atoms with E-state index in [0.717, 1.165) is 50.2 Å². The van der Waals surface area contributed by atoms with Gasteiger partial charge in [0.15, 0.2) is 8.07 Å². The Kier molecular flexibility index (Phi) is 8.16. The van der Waals surface area contributed by atoms with E-state index in [2.05, 4.69) is 234 Å². The van der Waals surface area contributed by atoms with Crippen molar-refractivity contribution in [2.45, 2.75) is 0 Å². The number of para-hydroxylation sites is 3. The van der Waals surface area contributed by atoms with Crippen molar-refractivity contribution < 1.29 is 4.42 Å². The maximum Gasteiger partial charge on any atom is 0.179 e. The highest BCUT2D eigenvalue weighted by molar-refractivity contribution is 7.19. The van der Waals surface area contributed by atoms with Crippen LogP contribution in [0.4, 0.5) is 17.1 Å². The fourth-order valence-electron chi connectivity index (χ4n) is 9.32. The number of rotatable bonds is 8. The summed E-state index contributed by atoms with van der Waals surface area (Å²) in [6.45, 7) is 0. The molecule has 4 heteroatoms. The summed E-state index contributed by atoms with van der Waals surface area (Å²) < 4.78 is 8.91. The molecule has 9 aromatic carbocycles. The molecule has 0 saturated heterocycles. The van der Waals surface area contributed by atoms with E-state index in [1.54, 1.807) is 0 Å². The summed E-state index contributed by atoms with van der Waals surface area (Å²) in [5.41, 5.74) is 8.44. The van der Waals surface area contributed by atoms with Gasteiger partial charge < -0.3 is 13.9 Å². The van der Waals surface area contributed by atoms with Gasteiger partial charge in [-0.1, -0.05) is 170 Å². The van der Waals surface area contributed by atoms with Crippen molar-refractivity contribution in [2.24, 2.45) is 0 Å². The molecule has 274 valence electrons. The van der Waals surface area contributed by atoms with Crippen molar-refractivity contribution in [2.75, 3.05) is 4.90 Å². The fraction of sp³-hybridized carbons (Fsp3) is 0. The van der Waals surface area contributed by atoms with Gasteiger partial charge in [-0.25, -0.2) is 0 Å². The zero-order valence-electron chi connectivity index (χ0n) is 31.7. The van der Waals surface area contributed by atoms with Gasteiger partial charge in [0.1, 0.15) is 11.2 Å². The molecule has 2 aromatic heterocycles. The van der Waals surface area contributed by atoms with Crippen LogP contribution >= 0.6 is 0 Å².